The van der Waals surface area contributed by atoms with Gasteiger partial charge in [0, 0.05) is 37.7 Å². The quantitative estimate of drug-likeness (QED) is 0.809. The van der Waals surface area contributed by atoms with E-state index >= 15 is 0 Å². The lowest BCUT2D eigenvalue weighted by atomic mass is 9.89. The van der Waals surface area contributed by atoms with E-state index in [0.29, 0.717) is 31.7 Å². The summed E-state index contributed by atoms with van der Waals surface area (Å²) in [7, 11) is 0. The molecule has 0 aromatic heterocycles. The normalized spacial score (nSPS) is 16.5. The van der Waals surface area contributed by atoms with Gasteiger partial charge in [0.2, 0.25) is 0 Å². The van der Waals surface area contributed by atoms with E-state index in [2.05, 4.69) is 19.2 Å². The molecule has 1 aliphatic rings. The molecule has 122 valence electrons. The molecular formula is C17H26N2O3. The molecule has 1 saturated heterocycles. The molecule has 2 rings (SSSR count). The minimum Gasteiger partial charge on any atom is -0.445 e. The summed E-state index contributed by atoms with van der Waals surface area (Å²) in [5, 5.41) is 12.6. The first-order valence-corrected chi connectivity index (χ1v) is 7.92. The molecule has 22 heavy (non-hydrogen) atoms. The summed E-state index contributed by atoms with van der Waals surface area (Å²) in [4.78, 5) is 13.7. The van der Waals surface area contributed by atoms with Gasteiger partial charge in [0.1, 0.15) is 6.61 Å². The van der Waals surface area contributed by atoms with Crippen LogP contribution in [-0.2, 0) is 11.3 Å². The molecule has 1 unspecified atom stereocenters. The molecule has 5 nitrogen and oxygen atoms in total. The minimum absolute atomic E-state index is 0.166. The van der Waals surface area contributed by atoms with Crippen LogP contribution < -0.4 is 5.32 Å². The highest BCUT2D eigenvalue weighted by molar-refractivity contribution is 5.68. The van der Waals surface area contributed by atoms with Crippen molar-refractivity contribution in [1.82, 2.24) is 10.2 Å². The maximum Gasteiger partial charge on any atom is 0.410 e. The average molecular weight is 306 g/mol. The molecule has 1 amide bonds. The van der Waals surface area contributed by atoms with Gasteiger partial charge < -0.3 is 20.1 Å². The molecule has 1 aliphatic heterocycles. The number of aliphatic hydroxyl groups is 1. The highest BCUT2D eigenvalue weighted by Crippen LogP contribution is 2.22. The maximum absolute atomic E-state index is 12.0. The Morgan fingerprint density at radius 1 is 1.36 bits per heavy atom. The van der Waals surface area contributed by atoms with Crippen LogP contribution in [0.4, 0.5) is 4.79 Å². The molecule has 5 heteroatoms. The molecule has 1 atom stereocenters. The number of aliphatic hydroxyl groups excluding tert-OH is 1. The second kappa shape index (κ2) is 8.15. The van der Waals surface area contributed by atoms with Crippen LogP contribution in [0.15, 0.2) is 30.3 Å². The molecule has 1 aromatic rings. The van der Waals surface area contributed by atoms with Crippen LogP contribution >= 0.6 is 0 Å². The molecule has 0 spiro atoms. The molecule has 1 aromatic carbocycles. The highest BCUT2D eigenvalue weighted by atomic mass is 16.6. The maximum atomic E-state index is 12.0. The second-order valence-electron chi connectivity index (χ2n) is 6.15. The average Bonchev–Trinajstić information content (AvgIpc) is 2.44. The zero-order valence-electron chi connectivity index (χ0n) is 13.4. The Bertz CT molecular complexity index is 458. The van der Waals surface area contributed by atoms with E-state index in [1.807, 2.05) is 30.3 Å². The fourth-order valence-electron chi connectivity index (χ4n) is 2.75. The Labute approximate surface area is 132 Å². The van der Waals surface area contributed by atoms with Gasteiger partial charge in [0.05, 0.1) is 0 Å². The fraction of sp³-hybridized carbons (Fsp3) is 0.588. The Hall–Kier alpha value is -1.59. The summed E-state index contributed by atoms with van der Waals surface area (Å²) in [5.41, 5.74) is 0.993. The van der Waals surface area contributed by atoms with E-state index < -0.39 is 0 Å². The van der Waals surface area contributed by atoms with Crippen LogP contribution in [0.3, 0.4) is 0 Å². The van der Waals surface area contributed by atoms with Gasteiger partial charge in [-0.15, -0.1) is 0 Å². The van der Waals surface area contributed by atoms with Crippen molar-refractivity contribution in [3.05, 3.63) is 35.9 Å². The van der Waals surface area contributed by atoms with Crippen molar-refractivity contribution in [3.63, 3.8) is 0 Å². The van der Waals surface area contributed by atoms with Crippen LogP contribution in [0.5, 0.6) is 0 Å². The number of hydrogen-bond acceptors (Lipinski definition) is 4. The van der Waals surface area contributed by atoms with Crippen molar-refractivity contribution >= 4 is 6.09 Å². The number of rotatable bonds is 7. The number of amides is 1. The minimum atomic E-state index is -0.257. The molecule has 0 aliphatic carbocycles. The zero-order valence-corrected chi connectivity index (χ0v) is 13.4. The standard InChI is InChI=1S/C17H26N2O3/c1-13(2)18-16(8-9-20)15-10-19(11-15)17(21)22-12-14-6-4-3-5-7-14/h3-7,13,15-16,18,20H,8-12H2,1-2H3. The molecular weight excluding hydrogens is 280 g/mol. The van der Waals surface area contributed by atoms with Gasteiger partial charge in [-0.1, -0.05) is 44.2 Å². The lowest BCUT2D eigenvalue weighted by Gasteiger charge is -2.43. The van der Waals surface area contributed by atoms with Crippen molar-refractivity contribution in [3.8, 4) is 0 Å². The second-order valence-corrected chi connectivity index (χ2v) is 6.15. The lowest BCUT2D eigenvalue weighted by molar-refractivity contribution is 0.0330. The van der Waals surface area contributed by atoms with Gasteiger partial charge >= 0.3 is 6.09 Å². The van der Waals surface area contributed by atoms with Crippen LogP contribution in [0.1, 0.15) is 25.8 Å². The van der Waals surface area contributed by atoms with Gasteiger partial charge in [-0.3, -0.25) is 0 Å². The first-order chi connectivity index (χ1) is 10.6. The van der Waals surface area contributed by atoms with Crippen molar-refractivity contribution < 1.29 is 14.6 Å². The number of ether oxygens (including phenoxy) is 1. The number of carbonyl (C=O) groups is 1. The van der Waals surface area contributed by atoms with E-state index in [-0.39, 0.29) is 18.7 Å². The number of likely N-dealkylation sites (tertiary alicyclic amines) is 1. The van der Waals surface area contributed by atoms with Crippen molar-refractivity contribution in [2.24, 2.45) is 5.92 Å². The predicted molar refractivity (Wildman–Crippen MR) is 85.5 cm³/mol. The van der Waals surface area contributed by atoms with Crippen LogP contribution in [0.25, 0.3) is 0 Å². The largest absolute Gasteiger partial charge is 0.445 e. The summed E-state index contributed by atoms with van der Waals surface area (Å²) in [6.07, 6.45) is 0.461. The smallest absolute Gasteiger partial charge is 0.410 e. The molecule has 1 heterocycles. The number of hydrogen-bond donors (Lipinski definition) is 2. The van der Waals surface area contributed by atoms with E-state index in [0.717, 1.165) is 12.0 Å². The summed E-state index contributed by atoms with van der Waals surface area (Å²) in [6, 6.07) is 10.3. The number of benzene rings is 1. The van der Waals surface area contributed by atoms with E-state index in [1.54, 1.807) is 4.90 Å². The third kappa shape index (κ3) is 4.71. The first kappa shape index (κ1) is 16.8. The molecule has 0 radical (unpaired) electrons. The van der Waals surface area contributed by atoms with Crippen LogP contribution in [0.2, 0.25) is 0 Å². The van der Waals surface area contributed by atoms with Crippen LogP contribution in [0, 0.1) is 5.92 Å². The summed E-state index contributed by atoms with van der Waals surface area (Å²) in [6.45, 7) is 6.05. The van der Waals surface area contributed by atoms with E-state index in [9.17, 15) is 4.79 Å². The fourth-order valence-corrected chi connectivity index (χ4v) is 2.75. The van der Waals surface area contributed by atoms with Crippen LogP contribution in [-0.4, -0.2) is 47.9 Å². The topological polar surface area (TPSA) is 61.8 Å². The third-order valence-electron chi connectivity index (χ3n) is 3.93. The SMILES string of the molecule is CC(C)NC(CCO)C1CN(C(=O)OCc2ccccc2)C1. The van der Waals surface area contributed by atoms with Gasteiger partial charge in [0.25, 0.3) is 0 Å². The molecule has 2 N–H and O–H groups in total. The van der Waals surface area contributed by atoms with Crippen molar-refractivity contribution in [2.45, 2.75) is 39.0 Å². The van der Waals surface area contributed by atoms with Gasteiger partial charge in [0.15, 0.2) is 0 Å². The van der Waals surface area contributed by atoms with Gasteiger partial charge in [-0.05, 0) is 12.0 Å². The Balaban J connectivity index is 1.73. The lowest BCUT2D eigenvalue weighted by Crippen LogP contribution is -2.58. The molecule has 0 saturated carbocycles. The zero-order chi connectivity index (χ0) is 15.9. The van der Waals surface area contributed by atoms with E-state index in [4.69, 9.17) is 9.84 Å². The summed E-state index contributed by atoms with van der Waals surface area (Å²) in [5.74, 6) is 0.388. The van der Waals surface area contributed by atoms with Crippen molar-refractivity contribution in [2.75, 3.05) is 19.7 Å². The highest BCUT2D eigenvalue weighted by Gasteiger charge is 2.36. The van der Waals surface area contributed by atoms with Crippen molar-refractivity contribution in [1.29, 1.82) is 0 Å². The number of nitrogens with zero attached hydrogens (tertiary/aromatic N) is 1. The number of carbonyl (C=O) groups excluding carboxylic acids is 1. The first-order valence-electron chi connectivity index (χ1n) is 7.92. The third-order valence-corrected chi connectivity index (χ3v) is 3.93. The molecule has 0 bridgehead atoms. The Morgan fingerprint density at radius 2 is 2.05 bits per heavy atom. The van der Waals surface area contributed by atoms with Gasteiger partial charge in [-0.2, -0.15) is 0 Å². The Morgan fingerprint density at radius 3 is 2.64 bits per heavy atom. The Kier molecular flexibility index (Phi) is 6.21. The number of nitrogens with one attached hydrogen (secondary N) is 1. The summed E-state index contributed by atoms with van der Waals surface area (Å²) < 4.78 is 5.32. The monoisotopic (exact) mass is 306 g/mol. The predicted octanol–water partition coefficient (Wildman–Crippen LogP) is 2.00. The molecule has 1 fully saturated rings. The van der Waals surface area contributed by atoms with Gasteiger partial charge in [-0.25, -0.2) is 4.79 Å². The summed E-state index contributed by atoms with van der Waals surface area (Å²) >= 11 is 0. The van der Waals surface area contributed by atoms with E-state index in [1.165, 1.54) is 0 Å².